The highest BCUT2D eigenvalue weighted by atomic mass is 16.6. The number of rotatable bonds is 2. The van der Waals surface area contributed by atoms with E-state index in [1.54, 1.807) is 6.07 Å². The molecule has 0 atom stereocenters. The molecule has 0 aliphatic heterocycles. The fourth-order valence-electron chi connectivity index (χ4n) is 1.18. The third kappa shape index (κ3) is 2.19. The average molecular weight is 203 g/mol. The van der Waals surface area contributed by atoms with Gasteiger partial charge in [0.2, 0.25) is 0 Å². The number of aryl methyl sites for hydroxylation is 1. The molecule has 1 aromatic carbocycles. The summed E-state index contributed by atoms with van der Waals surface area (Å²) in [4.78, 5) is 11.5. The van der Waals surface area contributed by atoms with Gasteiger partial charge in [0.1, 0.15) is 6.20 Å². The summed E-state index contributed by atoms with van der Waals surface area (Å²) in [6.07, 6.45) is 1.27. The number of benzene rings is 1. The quantitative estimate of drug-likeness (QED) is 0.805. The SMILES string of the molecule is Cc1cccc(NC(=O)c2cnon2)c1. The summed E-state index contributed by atoms with van der Waals surface area (Å²) in [5.41, 5.74) is 1.96. The molecular formula is C10H9N3O2. The van der Waals surface area contributed by atoms with Gasteiger partial charge in [0.25, 0.3) is 5.91 Å². The van der Waals surface area contributed by atoms with E-state index in [9.17, 15) is 4.79 Å². The van der Waals surface area contributed by atoms with Gasteiger partial charge in [-0.3, -0.25) is 4.79 Å². The van der Waals surface area contributed by atoms with Crippen LogP contribution in [0.25, 0.3) is 0 Å². The smallest absolute Gasteiger partial charge is 0.279 e. The number of nitrogens with zero attached hydrogens (tertiary/aromatic N) is 2. The van der Waals surface area contributed by atoms with Gasteiger partial charge >= 0.3 is 0 Å². The van der Waals surface area contributed by atoms with Crippen LogP contribution in [0.5, 0.6) is 0 Å². The van der Waals surface area contributed by atoms with Crippen molar-refractivity contribution in [3.63, 3.8) is 0 Å². The predicted octanol–water partition coefficient (Wildman–Crippen LogP) is 1.63. The van der Waals surface area contributed by atoms with Gasteiger partial charge in [0.15, 0.2) is 5.69 Å². The van der Waals surface area contributed by atoms with Crippen LogP contribution >= 0.6 is 0 Å². The molecule has 0 aliphatic rings. The number of aromatic nitrogens is 2. The van der Waals surface area contributed by atoms with Crippen LogP contribution < -0.4 is 5.32 Å². The van der Waals surface area contributed by atoms with E-state index in [-0.39, 0.29) is 11.6 Å². The molecule has 1 amide bonds. The number of carbonyl (C=O) groups excluding carboxylic acids is 1. The Labute approximate surface area is 86.1 Å². The molecule has 0 unspecified atom stereocenters. The minimum atomic E-state index is -0.332. The van der Waals surface area contributed by atoms with Crippen LogP contribution in [0.3, 0.4) is 0 Å². The van der Waals surface area contributed by atoms with E-state index in [1.807, 2.05) is 25.1 Å². The van der Waals surface area contributed by atoms with Gasteiger partial charge in [-0.05, 0) is 29.8 Å². The van der Waals surface area contributed by atoms with Crippen molar-refractivity contribution in [1.29, 1.82) is 0 Å². The number of hydrogen-bond acceptors (Lipinski definition) is 4. The molecule has 2 rings (SSSR count). The first-order valence-electron chi connectivity index (χ1n) is 4.41. The highest BCUT2D eigenvalue weighted by Gasteiger charge is 2.09. The van der Waals surface area contributed by atoms with Crippen molar-refractivity contribution in [2.24, 2.45) is 0 Å². The summed E-state index contributed by atoms with van der Waals surface area (Å²) < 4.78 is 4.34. The van der Waals surface area contributed by atoms with Crippen LogP contribution in [-0.2, 0) is 0 Å². The Morgan fingerprint density at radius 2 is 2.33 bits per heavy atom. The van der Waals surface area contributed by atoms with E-state index in [1.165, 1.54) is 6.20 Å². The van der Waals surface area contributed by atoms with Crippen molar-refractivity contribution in [3.8, 4) is 0 Å². The number of amides is 1. The summed E-state index contributed by atoms with van der Waals surface area (Å²) in [6, 6.07) is 7.49. The molecule has 0 bridgehead atoms. The fraction of sp³-hybridized carbons (Fsp3) is 0.100. The molecule has 1 heterocycles. The minimum Gasteiger partial charge on any atom is -0.320 e. The molecule has 0 radical (unpaired) electrons. The van der Waals surface area contributed by atoms with Gasteiger partial charge in [-0.25, -0.2) is 4.63 Å². The summed E-state index contributed by atoms with van der Waals surface area (Å²) in [5, 5.41) is 9.48. The van der Waals surface area contributed by atoms with E-state index >= 15 is 0 Å². The Morgan fingerprint density at radius 1 is 1.47 bits per heavy atom. The second-order valence-electron chi connectivity index (χ2n) is 3.12. The van der Waals surface area contributed by atoms with Gasteiger partial charge in [0, 0.05) is 5.69 Å². The maximum Gasteiger partial charge on any atom is 0.279 e. The highest BCUT2D eigenvalue weighted by Crippen LogP contribution is 2.10. The number of anilines is 1. The van der Waals surface area contributed by atoms with Gasteiger partial charge in [-0.1, -0.05) is 17.3 Å². The molecule has 1 aromatic heterocycles. The van der Waals surface area contributed by atoms with Crippen molar-refractivity contribution in [2.45, 2.75) is 6.92 Å². The first-order valence-corrected chi connectivity index (χ1v) is 4.41. The molecule has 0 spiro atoms. The van der Waals surface area contributed by atoms with Crippen molar-refractivity contribution in [2.75, 3.05) is 5.32 Å². The number of carbonyl (C=O) groups is 1. The van der Waals surface area contributed by atoms with E-state index in [0.29, 0.717) is 0 Å². The molecule has 0 fully saturated rings. The van der Waals surface area contributed by atoms with Crippen LogP contribution in [0, 0.1) is 6.92 Å². The predicted molar refractivity (Wildman–Crippen MR) is 53.4 cm³/mol. The number of hydrogen-bond donors (Lipinski definition) is 1. The van der Waals surface area contributed by atoms with E-state index in [4.69, 9.17) is 0 Å². The lowest BCUT2D eigenvalue weighted by Gasteiger charge is -2.02. The van der Waals surface area contributed by atoms with Crippen LogP contribution in [-0.4, -0.2) is 16.2 Å². The van der Waals surface area contributed by atoms with Gasteiger partial charge in [-0.2, -0.15) is 0 Å². The first kappa shape index (κ1) is 9.39. The highest BCUT2D eigenvalue weighted by molar-refractivity contribution is 6.02. The summed E-state index contributed by atoms with van der Waals surface area (Å²) in [6.45, 7) is 1.95. The molecular weight excluding hydrogens is 194 g/mol. The lowest BCUT2D eigenvalue weighted by molar-refractivity contribution is 0.101. The summed E-state index contributed by atoms with van der Waals surface area (Å²) in [5.74, 6) is -0.332. The molecule has 1 N–H and O–H groups in total. The zero-order valence-electron chi connectivity index (χ0n) is 8.10. The van der Waals surface area contributed by atoms with Crippen LogP contribution in [0.15, 0.2) is 35.1 Å². The lowest BCUT2D eigenvalue weighted by atomic mass is 10.2. The van der Waals surface area contributed by atoms with E-state index < -0.39 is 0 Å². The molecule has 0 saturated carbocycles. The van der Waals surface area contributed by atoms with Crippen molar-refractivity contribution < 1.29 is 9.42 Å². The second-order valence-corrected chi connectivity index (χ2v) is 3.12. The summed E-state index contributed by atoms with van der Waals surface area (Å²) in [7, 11) is 0. The van der Waals surface area contributed by atoms with Crippen LogP contribution in [0.1, 0.15) is 16.1 Å². The fourth-order valence-corrected chi connectivity index (χ4v) is 1.18. The van der Waals surface area contributed by atoms with E-state index in [2.05, 4.69) is 20.3 Å². The monoisotopic (exact) mass is 203 g/mol. The zero-order chi connectivity index (χ0) is 10.7. The summed E-state index contributed by atoms with van der Waals surface area (Å²) >= 11 is 0. The molecule has 0 saturated heterocycles. The van der Waals surface area contributed by atoms with Crippen LogP contribution in [0.4, 0.5) is 5.69 Å². The Bertz CT molecular complexity index is 465. The molecule has 0 aliphatic carbocycles. The molecule has 2 aromatic rings. The van der Waals surface area contributed by atoms with Gasteiger partial charge < -0.3 is 5.32 Å². The first-order chi connectivity index (χ1) is 7.25. The molecule has 15 heavy (non-hydrogen) atoms. The van der Waals surface area contributed by atoms with Crippen molar-refractivity contribution in [1.82, 2.24) is 10.3 Å². The largest absolute Gasteiger partial charge is 0.320 e. The Hall–Kier alpha value is -2.17. The van der Waals surface area contributed by atoms with Crippen molar-refractivity contribution >= 4 is 11.6 Å². The zero-order valence-corrected chi connectivity index (χ0v) is 8.10. The number of nitrogens with one attached hydrogen (secondary N) is 1. The topological polar surface area (TPSA) is 68.0 Å². The minimum absolute atomic E-state index is 0.163. The standard InChI is InChI=1S/C10H9N3O2/c1-7-3-2-4-8(5-7)12-10(14)9-6-11-15-13-9/h2-6H,1H3,(H,12,14). The Kier molecular flexibility index (Phi) is 2.45. The van der Waals surface area contributed by atoms with E-state index in [0.717, 1.165) is 11.3 Å². The third-order valence-electron chi connectivity index (χ3n) is 1.87. The maximum absolute atomic E-state index is 11.5. The van der Waals surface area contributed by atoms with Gasteiger partial charge in [0.05, 0.1) is 0 Å². The second kappa shape index (κ2) is 3.91. The average Bonchev–Trinajstić information content (AvgIpc) is 2.70. The van der Waals surface area contributed by atoms with Crippen LogP contribution in [0.2, 0.25) is 0 Å². The molecule has 76 valence electrons. The molecule has 5 nitrogen and oxygen atoms in total. The van der Waals surface area contributed by atoms with Gasteiger partial charge in [-0.15, -0.1) is 0 Å². The third-order valence-corrected chi connectivity index (χ3v) is 1.87. The Balaban J connectivity index is 2.13. The normalized spacial score (nSPS) is 9.93. The Morgan fingerprint density at radius 3 is 3.00 bits per heavy atom. The maximum atomic E-state index is 11.5. The van der Waals surface area contributed by atoms with Crippen molar-refractivity contribution in [3.05, 3.63) is 41.7 Å². The molecule has 5 heteroatoms. The lowest BCUT2D eigenvalue weighted by Crippen LogP contribution is -2.12.